The zero-order valence-corrected chi connectivity index (χ0v) is 13.3. The molecule has 0 aromatic heterocycles. The van der Waals surface area contributed by atoms with Crippen molar-refractivity contribution in [3.8, 4) is 0 Å². The smallest absolute Gasteiger partial charge is 0.321 e. The lowest BCUT2D eigenvalue weighted by Gasteiger charge is -2.16. The van der Waals surface area contributed by atoms with Crippen molar-refractivity contribution in [2.24, 2.45) is 0 Å². The van der Waals surface area contributed by atoms with Gasteiger partial charge >= 0.3 is 5.97 Å². The molecule has 114 valence electrons. The van der Waals surface area contributed by atoms with Crippen LogP contribution in [0.25, 0.3) is 0 Å². The zero-order valence-electron chi connectivity index (χ0n) is 12.5. The van der Waals surface area contributed by atoms with E-state index >= 15 is 0 Å². The molecule has 22 heavy (non-hydrogen) atoms. The van der Waals surface area contributed by atoms with Crippen LogP contribution in [0, 0.1) is 6.92 Å². The van der Waals surface area contributed by atoms with Crippen molar-refractivity contribution >= 4 is 23.4 Å². The fourth-order valence-corrected chi connectivity index (χ4v) is 2.44. The first kappa shape index (κ1) is 16.2. The van der Waals surface area contributed by atoms with Gasteiger partial charge in [-0.3, -0.25) is 9.59 Å². The maximum Gasteiger partial charge on any atom is 0.321 e. The van der Waals surface area contributed by atoms with Crippen LogP contribution in [-0.4, -0.2) is 18.4 Å². The van der Waals surface area contributed by atoms with Crippen LogP contribution in [0.4, 0.5) is 0 Å². The average molecular weight is 317 g/mol. The average Bonchev–Trinajstić information content (AvgIpc) is 2.50. The summed E-state index contributed by atoms with van der Waals surface area (Å²) in [5, 5.41) is 0.376. The van der Waals surface area contributed by atoms with Crippen molar-refractivity contribution in [2.75, 3.05) is 6.61 Å². The Morgan fingerprint density at radius 1 is 1.09 bits per heavy atom. The number of ether oxygens (including phenoxy) is 1. The number of aryl methyl sites for hydroxylation is 1. The van der Waals surface area contributed by atoms with E-state index in [1.165, 1.54) is 0 Å². The van der Waals surface area contributed by atoms with Gasteiger partial charge in [0.2, 0.25) is 0 Å². The summed E-state index contributed by atoms with van der Waals surface area (Å²) >= 11 is 6.16. The van der Waals surface area contributed by atoms with E-state index in [9.17, 15) is 9.59 Å². The Balaban J connectivity index is 2.44. The van der Waals surface area contributed by atoms with E-state index in [2.05, 4.69) is 0 Å². The number of hydrogen-bond acceptors (Lipinski definition) is 3. The highest BCUT2D eigenvalue weighted by molar-refractivity contribution is 6.32. The molecule has 0 aliphatic carbocycles. The molecule has 0 radical (unpaired) electrons. The Kier molecular flexibility index (Phi) is 5.34. The Hall–Kier alpha value is -2.13. The number of halogens is 1. The van der Waals surface area contributed by atoms with Gasteiger partial charge in [0.25, 0.3) is 0 Å². The number of hydrogen-bond donors (Lipinski definition) is 0. The summed E-state index contributed by atoms with van der Waals surface area (Å²) in [7, 11) is 0. The normalized spacial score (nSPS) is 11.8. The molecule has 4 heteroatoms. The second kappa shape index (κ2) is 7.23. The van der Waals surface area contributed by atoms with Crippen LogP contribution >= 0.6 is 11.6 Å². The molecule has 0 bridgehead atoms. The standard InChI is InChI=1S/C18H17ClO3/c1-3-22-18(21)16(14-6-4-5-7-15(14)19)17(20)13-10-8-12(2)9-11-13/h4-11,16H,3H2,1-2H3. The van der Waals surface area contributed by atoms with Crippen molar-refractivity contribution in [1.82, 2.24) is 0 Å². The molecular formula is C18H17ClO3. The number of ketones is 1. The number of esters is 1. The van der Waals surface area contributed by atoms with Crippen molar-refractivity contribution < 1.29 is 14.3 Å². The van der Waals surface area contributed by atoms with Crippen LogP contribution in [0.15, 0.2) is 48.5 Å². The minimum atomic E-state index is -1.05. The predicted molar refractivity (Wildman–Crippen MR) is 86.3 cm³/mol. The SMILES string of the molecule is CCOC(=O)C(C(=O)c1ccc(C)cc1)c1ccccc1Cl. The molecule has 0 spiro atoms. The quantitative estimate of drug-likeness (QED) is 0.472. The fraction of sp³-hybridized carbons (Fsp3) is 0.222. The lowest BCUT2D eigenvalue weighted by Crippen LogP contribution is -2.24. The van der Waals surface area contributed by atoms with Crippen LogP contribution < -0.4 is 0 Å². The zero-order chi connectivity index (χ0) is 16.1. The highest BCUT2D eigenvalue weighted by Crippen LogP contribution is 2.29. The van der Waals surface area contributed by atoms with Gasteiger partial charge in [0.1, 0.15) is 5.92 Å². The number of Topliss-reactive ketones (excluding diaryl/α,β-unsaturated/α-hetero) is 1. The van der Waals surface area contributed by atoms with Crippen LogP contribution in [0.3, 0.4) is 0 Å². The predicted octanol–water partition coefficient (Wildman–Crippen LogP) is 4.18. The maximum atomic E-state index is 12.8. The molecule has 0 saturated carbocycles. The fourth-order valence-electron chi connectivity index (χ4n) is 2.19. The van der Waals surface area contributed by atoms with Crippen LogP contribution in [0.2, 0.25) is 5.02 Å². The van der Waals surface area contributed by atoms with Gasteiger partial charge in [-0.2, -0.15) is 0 Å². The first-order chi connectivity index (χ1) is 10.5. The topological polar surface area (TPSA) is 43.4 Å². The summed E-state index contributed by atoms with van der Waals surface area (Å²) in [6.45, 7) is 3.85. The molecule has 0 saturated heterocycles. The molecule has 2 aromatic rings. The number of rotatable bonds is 5. The van der Waals surface area contributed by atoms with Crippen LogP contribution in [-0.2, 0) is 9.53 Å². The lowest BCUT2D eigenvalue weighted by molar-refractivity contribution is -0.143. The van der Waals surface area contributed by atoms with Crippen molar-refractivity contribution in [1.29, 1.82) is 0 Å². The second-order valence-corrected chi connectivity index (χ2v) is 5.34. The van der Waals surface area contributed by atoms with Crippen LogP contribution in [0.1, 0.15) is 34.3 Å². The van der Waals surface area contributed by atoms with Gasteiger partial charge in [0, 0.05) is 10.6 Å². The van der Waals surface area contributed by atoms with Crippen LogP contribution in [0.5, 0.6) is 0 Å². The van der Waals surface area contributed by atoms with Gasteiger partial charge in [0.05, 0.1) is 6.61 Å². The van der Waals surface area contributed by atoms with Gasteiger partial charge in [0.15, 0.2) is 5.78 Å². The van der Waals surface area contributed by atoms with Gasteiger partial charge in [-0.15, -0.1) is 0 Å². The molecule has 1 atom stereocenters. The highest BCUT2D eigenvalue weighted by atomic mass is 35.5. The van der Waals surface area contributed by atoms with E-state index in [4.69, 9.17) is 16.3 Å². The molecule has 1 unspecified atom stereocenters. The summed E-state index contributed by atoms with van der Waals surface area (Å²) in [4.78, 5) is 25.0. The Labute approximate surface area is 134 Å². The van der Waals surface area contributed by atoms with Gasteiger partial charge in [-0.05, 0) is 25.5 Å². The third-order valence-electron chi connectivity index (χ3n) is 3.34. The van der Waals surface area contributed by atoms with E-state index in [-0.39, 0.29) is 12.4 Å². The number of carbonyl (C=O) groups is 2. The largest absolute Gasteiger partial charge is 0.465 e. The summed E-state index contributed by atoms with van der Waals surface area (Å²) in [6.07, 6.45) is 0. The molecule has 2 aromatic carbocycles. The van der Waals surface area contributed by atoms with E-state index in [1.54, 1.807) is 43.3 Å². The Morgan fingerprint density at radius 2 is 1.73 bits per heavy atom. The monoisotopic (exact) mass is 316 g/mol. The summed E-state index contributed by atoms with van der Waals surface area (Å²) in [6, 6.07) is 13.9. The molecule has 0 heterocycles. The molecular weight excluding hydrogens is 300 g/mol. The minimum absolute atomic E-state index is 0.209. The van der Waals surface area contributed by atoms with E-state index in [0.717, 1.165) is 5.56 Å². The van der Waals surface area contributed by atoms with Gasteiger partial charge in [-0.25, -0.2) is 0 Å². The Bertz CT molecular complexity index is 677. The van der Waals surface area contributed by atoms with Gasteiger partial charge in [-0.1, -0.05) is 59.6 Å². The number of benzene rings is 2. The van der Waals surface area contributed by atoms with Gasteiger partial charge < -0.3 is 4.74 Å². The maximum absolute atomic E-state index is 12.8. The van der Waals surface area contributed by atoms with E-state index < -0.39 is 11.9 Å². The molecule has 0 fully saturated rings. The second-order valence-electron chi connectivity index (χ2n) is 4.94. The first-order valence-corrected chi connectivity index (χ1v) is 7.44. The lowest BCUT2D eigenvalue weighted by atomic mass is 9.90. The molecule has 0 amide bonds. The van der Waals surface area contributed by atoms with Crippen molar-refractivity contribution in [3.05, 3.63) is 70.2 Å². The molecule has 3 nitrogen and oxygen atoms in total. The highest BCUT2D eigenvalue weighted by Gasteiger charge is 2.32. The first-order valence-electron chi connectivity index (χ1n) is 7.06. The minimum Gasteiger partial charge on any atom is -0.465 e. The third kappa shape index (κ3) is 3.55. The van der Waals surface area contributed by atoms with E-state index in [0.29, 0.717) is 16.1 Å². The summed E-state index contributed by atoms with van der Waals surface area (Å²) in [5.41, 5.74) is 1.97. The summed E-state index contributed by atoms with van der Waals surface area (Å²) in [5.74, 6) is -1.94. The van der Waals surface area contributed by atoms with E-state index in [1.807, 2.05) is 19.1 Å². The third-order valence-corrected chi connectivity index (χ3v) is 3.68. The van der Waals surface area contributed by atoms with Crippen molar-refractivity contribution in [2.45, 2.75) is 19.8 Å². The Morgan fingerprint density at radius 3 is 2.32 bits per heavy atom. The summed E-state index contributed by atoms with van der Waals surface area (Å²) < 4.78 is 5.06. The van der Waals surface area contributed by atoms with Crippen molar-refractivity contribution in [3.63, 3.8) is 0 Å². The molecule has 0 N–H and O–H groups in total. The molecule has 0 aliphatic heterocycles. The number of carbonyl (C=O) groups excluding carboxylic acids is 2. The molecule has 2 rings (SSSR count). The molecule has 0 aliphatic rings.